The van der Waals surface area contributed by atoms with Gasteiger partial charge in [-0.3, -0.25) is 4.79 Å². The van der Waals surface area contributed by atoms with E-state index >= 15 is 0 Å². The molecule has 6 nitrogen and oxygen atoms in total. The molecule has 1 aromatic carbocycles. The third-order valence-corrected chi connectivity index (χ3v) is 3.77. The Balaban J connectivity index is 2.76. The van der Waals surface area contributed by atoms with E-state index in [0.29, 0.717) is 6.42 Å². The van der Waals surface area contributed by atoms with Crippen molar-refractivity contribution in [2.24, 2.45) is 5.92 Å². The molecule has 0 bridgehead atoms. The van der Waals surface area contributed by atoms with Gasteiger partial charge in [0.25, 0.3) is 5.91 Å². The minimum atomic E-state index is -4.73. The fourth-order valence-electron chi connectivity index (χ4n) is 2.13. The number of methoxy groups -OCH3 is 1. The Hall–Kier alpha value is -2.58. The molecule has 0 unspecified atom stereocenters. The predicted octanol–water partition coefficient (Wildman–Crippen LogP) is 2.57. The molecule has 26 heavy (non-hydrogen) atoms. The first-order chi connectivity index (χ1) is 12.1. The molecule has 0 saturated carbocycles. The highest BCUT2D eigenvalue weighted by Crippen LogP contribution is 2.32. The average Bonchev–Trinajstić information content (AvgIpc) is 2.62. The Morgan fingerprint density at radius 1 is 1.19 bits per heavy atom. The Bertz CT molecular complexity index is 660. The monoisotopic (exact) mass is 375 g/mol. The highest BCUT2D eigenvalue weighted by molar-refractivity contribution is 5.93. The highest BCUT2D eigenvalue weighted by atomic mass is 19.4. The first kappa shape index (κ1) is 21.5. The van der Waals surface area contributed by atoms with E-state index in [1.165, 1.54) is 6.07 Å². The van der Waals surface area contributed by atoms with Gasteiger partial charge in [-0.05, 0) is 18.1 Å². The molecule has 144 valence electrons. The van der Waals surface area contributed by atoms with Gasteiger partial charge in [0.15, 0.2) is 6.61 Å². The van der Waals surface area contributed by atoms with Crippen LogP contribution >= 0.6 is 0 Å². The van der Waals surface area contributed by atoms with E-state index in [-0.39, 0.29) is 5.92 Å². The summed E-state index contributed by atoms with van der Waals surface area (Å²) in [6.45, 7) is 2.70. The fraction of sp³-hybridized carbons (Fsp3) is 0.471. The molecule has 0 heterocycles. The number of ether oxygens (including phenoxy) is 2. The van der Waals surface area contributed by atoms with Crippen LogP contribution in [-0.2, 0) is 25.2 Å². The van der Waals surface area contributed by atoms with Crippen molar-refractivity contribution in [3.8, 4) is 0 Å². The number of hydrogen-bond donors (Lipinski definition) is 1. The van der Waals surface area contributed by atoms with E-state index in [1.807, 2.05) is 0 Å². The van der Waals surface area contributed by atoms with E-state index in [9.17, 15) is 27.6 Å². The van der Waals surface area contributed by atoms with Gasteiger partial charge < -0.3 is 14.8 Å². The van der Waals surface area contributed by atoms with Crippen molar-refractivity contribution in [2.75, 3.05) is 13.7 Å². The number of rotatable bonds is 7. The summed E-state index contributed by atoms with van der Waals surface area (Å²) in [7, 11) is 1.16. The first-order valence-electron chi connectivity index (χ1n) is 7.82. The van der Waals surface area contributed by atoms with Crippen LogP contribution in [0.1, 0.15) is 36.2 Å². The van der Waals surface area contributed by atoms with Crippen LogP contribution in [0.3, 0.4) is 0 Å². The second-order valence-electron chi connectivity index (χ2n) is 5.57. The lowest BCUT2D eigenvalue weighted by Crippen LogP contribution is -2.47. The zero-order valence-corrected chi connectivity index (χ0v) is 14.6. The molecule has 0 aliphatic carbocycles. The smallest absolute Gasteiger partial charge is 0.417 e. The second-order valence-corrected chi connectivity index (χ2v) is 5.57. The summed E-state index contributed by atoms with van der Waals surface area (Å²) >= 11 is 0. The van der Waals surface area contributed by atoms with Crippen molar-refractivity contribution in [1.82, 2.24) is 5.32 Å². The Kier molecular flexibility index (Phi) is 7.60. The highest BCUT2D eigenvalue weighted by Gasteiger charge is 2.35. The van der Waals surface area contributed by atoms with Crippen molar-refractivity contribution in [3.05, 3.63) is 35.4 Å². The molecule has 1 aromatic rings. The third kappa shape index (κ3) is 5.75. The molecule has 1 rings (SSSR count). The van der Waals surface area contributed by atoms with E-state index in [4.69, 9.17) is 0 Å². The van der Waals surface area contributed by atoms with Gasteiger partial charge in [0.05, 0.1) is 18.2 Å². The number of nitrogens with one attached hydrogen (secondary N) is 1. The molecule has 9 heteroatoms. The molecule has 1 N–H and O–H groups in total. The van der Waals surface area contributed by atoms with Gasteiger partial charge in [0, 0.05) is 0 Å². The minimum absolute atomic E-state index is 0.243. The Morgan fingerprint density at radius 3 is 2.35 bits per heavy atom. The number of esters is 2. The summed E-state index contributed by atoms with van der Waals surface area (Å²) in [4.78, 5) is 35.5. The quantitative estimate of drug-likeness (QED) is 0.741. The minimum Gasteiger partial charge on any atom is -0.467 e. The number of carbonyl (C=O) groups excluding carboxylic acids is 3. The number of amides is 1. The zero-order chi connectivity index (χ0) is 19.9. The molecule has 0 aliphatic rings. The second kappa shape index (κ2) is 9.21. The van der Waals surface area contributed by atoms with Gasteiger partial charge >= 0.3 is 18.1 Å². The molecule has 2 atom stereocenters. The van der Waals surface area contributed by atoms with Crippen molar-refractivity contribution >= 4 is 17.8 Å². The van der Waals surface area contributed by atoms with Crippen LogP contribution in [0.2, 0.25) is 0 Å². The van der Waals surface area contributed by atoms with Gasteiger partial charge in [-0.15, -0.1) is 0 Å². The van der Waals surface area contributed by atoms with E-state index in [0.717, 1.165) is 25.3 Å². The predicted molar refractivity (Wildman–Crippen MR) is 85.1 cm³/mol. The number of hydrogen-bond acceptors (Lipinski definition) is 5. The lowest BCUT2D eigenvalue weighted by atomic mass is 9.99. The van der Waals surface area contributed by atoms with Crippen LogP contribution in [0.5, 0.6) is 0 Å². The summed E-state index contributed by atoms with van der Waals surface area (Å²) in [5.41, 5.74) is -1.85. The van der Waals surface area contributed by atoms with Crippen molar-refractivity contribution in [2.45, 2.75) is 32.5 Å². The zero-order valence-electron chi connectivity index (χ0n) is 14.6. The van der Waals surface area contributed by atoms with Gasteiger partial charge in [0.2, 0.25) is 0 Å². The van der Waals surface area contributed by atoms with Crippen LogP contribution in [0.4, 0.5) is 13.2 Å². The third-order valence-electron chi connectivity index (χ3n) is 3.77. The SMILES string of the molecule is CC[C@H](C)[C@H](NC(=O)COC(=O)c1ccccc1C(F)(F)F)C(=O)OC. The van der Waals surface area contributed by atoms with Crippen molar-refractivity contribution < 1.29 is 37.0 Å². The van der Waals surface area contributed by atoms with E-state index in [2.05, 4.69) is 14.8 Å². The Morgan fingerprint density at radius 2 is 1.81 bits per heavy atom. The number of halogens is 3. The summed E-state index contributed by atoms with van der Waals surface area (Å²) in [6, 6.07) is 3.15. The maximum atomic E-state index is 12.9. The van der Waals surface area contributed by atoms with Crippen LogP contribution < -0.4 is 5.32 Å². The summed E-state index contributed by atoms with van der Waals surface area (Å²) in [6.07, 6.45) is -4.16. The molecule has 0 radical (unpaired) electrons. The lowest BCUT2D eigenvalue weighted by Gasteiger charge is -2.21. The molecule has 0 spiro atoms. The van der Waals surface area contributed by atoms with Gasteiger partial charge in [-0.1, -0.05) is 32.4 Å². The maximum absolute atomic E-state index is 12.9. The average molecular weight is 375 g/mol. The standard InChI is InChI=1S/C17H20F3NO5/c1-4-10(2)14(16(24)25-3)21-13(22)9-26-15(23)11-7-5-6-8-12(11)17(18,19)20/h5-8,10,14H,4,9H2,1-3H3,(H,21,22)/t10-,14-/m0/s1. The van der Waals surface area contributed by atoms with E-state index < -0.39 is 47.8 Å². The molecule has 1 amide bonds. The van der Waals surface area contributed by atoms with Crippen LogP contribution in [0.25, 0.3) is 0 Å². The molecular formula is C17H20F3NO5. The maximum Gasteiger partial charge on any atom is 0.417 e. The van der Waals surface area contributed by atoms with Crippen LogP contribution in [0, 0.1) is 5.92 Å². The molecule has 0 aromatic heterocycles. The molecular weight excluding hydrogens is 355 g/mol. The number of alkyl halides is 3. The number of benzene rings is 1. The fourth-order valence-corrected chi connectivity index (χ4v) is 2.13. The topological polar surface area (TPSA) is 81.7 Å². The normalized spacial score (nSPS) is 13.5. The Labute approximate surface area is 148 Å². The summed E-state index contributed by atoms with van der Waals surface area (Å²) < 4.78 is 47.9. The first-order valence-corrected chi connectivity index (χ1v) is 7.82. The number of carbonyl (C=O) groups is 3. The lowest BCUT2D eigenvalue weighted by molar-refractivity contribution is -0.147. The van der Waals surface area contributed by atoms with Gasteiger partial charge in [-0.2, -0.15) is 13.2 Å². The van der Waals surface area contributed by atoms with Crippen molar-refractivity contribution in [3.63, 3.8) is 0 Å². The summed E-state index contributed by atoms with van der Waals surface area (Å²) in [5.74, 6) is -3.01. The molecule has 0 fully saturated rings. The summed E-state index contributed by atoms with van der Waals surface area (Å²) in [5, 5.41) is 2.36. The van der Waals surface area contributed by atoms with Crippen LogP contribution in [-0.4, -0.2) is 37.6 Å². The van der Waals surface area contributed by atoms with Gasteiger partial charge in [-0.25, -0.2) is 9.59 Å². The largest absolute Gasteiger partial charge is 0.467 e. The van der Waals surface area contributed by atoms with Crippen molar-refractivity contribution in [1.29, 1.82) is 0 Å². The van der Waals surface area contributed by atoms with Crippen LogP contribution in [0.15, 0.2) is 24.3 Å². The van der Waals surface area contributed by atoms with E-state index in [1.54, 1.807) is 13.8 Å². The molecule has 0 aliphatic heterocycles. The molecule has 0 saturated heterocycles. The van der Waals surface area contributed by atoms with Gasteiger partial charge in [0.1, 0.15) is 6.04 Å².